The van der Waals surface area contributed by atoms with Gasteiger partial charge in [-0.05, 0) is 23.8 Å². The zero-order chi connectivity index (χ0) is 13.7. The fourth-order valence-electron chi connectivity index (χ4n) is 2.95. The lowest BCUT2D eigenvalue weighted by molar-refractivity contribution is 0.208. The number of hydrogen-bond donors (Lipinski definition) is 1. The molecule has 1 fully saturated rings. The Morgan fingerprint density at radius 1 is 1.21 bits per heavy atom. The lowest BCUT2D eigenvalue weighted by Crippen LogP contribution is -2.48. The van der Waals surface area contributed by atoms with E-state index in [1.807, 2.05) is 13.1 Å². The summed E-state index contributed by atoms with van der Waals surface area (Å²) in [5, 5.41) is 3.47. The molecule has 0 radical (unpaired) electrons. The maximum absolute atomic E-state index is 4.43. The summed E-state index contributed by atoms with van der Waals surface area (Å²) in [4.78, 5) is 6.82. The summed E-state index contributed by atoms with van der Waals surface area (Å²) in [6, 6.07) is 10.5. The molecule has 1 heterocycles. The number of hydrogen-bond acceptors (Lipinski definition) is 1. The van der Waals surface area contributed by atoms with E-state index in [4.69, 9.17) is 0 Å². The molecule has 1 aromatic carbocycles. The predicted octanol–water partition coefficient (Wildman–Crippen LogP) is 2.74. The quantitative estimate of drug-likeness (QED) is 0.653. The van der Waals surface area contributed by atoms with Crippen LogP contribution in [-0.4, -0.2) is 31.0 Å². The molecule has 0 saturated carbocycles. The lowest BCUT2D eigenvalue weighted by atomic mass is 9.92. The second kappa shape index (κ2) is 6.60. The lowest BCUT2D eigenvalue weighted by Gasteiger charge is -2.37. The van der Waals surface area contributed by atoms with Crippen LogP contribution in [0.5, 0.6) is 0 Å². The van der Waals surface area contributed by atoms with E-state index in [2.05, 4.69) is 53.3 Å². The summed E-state index contributed by atoms with van der Waals surface area (Å²) < 4.78 is 0. The van der Waals surface area contributed by atoms with Gasteiger partial charge < -0.3 is 10.2 Å². The highest BCUT2D eigenvalue weighted by Crippen LogP contribution is 2.20. The van der Waals surface area contributed by atoms with Gasteiger partial charge in [0.2, 0.25) is 0 Å². The van der Waals surface area contributed by atoms with Gasteiger partial charge in [0.15, 0.2) is 5.96 Å². The summed E-state index contributed by atoms with van der Waals surface area (Å²) in [6.07, 6.45) is 1.33. The number of piperidine rings is 1. The molecule has 19 heavy (non-hydrogen) atoms. The number of benzene rings is 1. The van der Waals surface area contributed by atoms with Crippen molar-refractivity contribution in [3.05, 3.63) is 35.9 Å². The predicted molar refractivity (Wildman–Crippen MR) is 81.2 cm³/mol. The Labute approximate surface area is 116 Å². The van der Waals surface area contributed by atoms with Crippen LogP contribution < -0.4 is 5.32 Å². The molecule has 0 bridgehead atoms. The Bertz CT molecular complexity index is 403. The molecule has 0 spiro atoms. The molecule has 1 aliphatic rings. The van der Waals surface area contributed by atoms with Crippen molar-refractivity contribution in [2.24, 2.45) is 16.8 Å². The second-order valence-corrected chi connectivity index (χ2v) is 5.74. The Balaban J connectivity index is 1.93. The number of nitrogens with one attached hydrogen (secondary N) is 1. The zero-order valence-electron chi connectivity index (χ0n) is 12.3. The summed E-state index contributed by atoms with van der Waals surface area (Å²) in [5.41, 5.74) is 1.29. The molecule has 0 amide bonds. The molecule has 2 rings (SSSR count). The van der Waals surface area contributed by atoms with E-state index in [1.54, 1.807) is 0 Å². The van der Waals surface area contributed by atoms with Gasteiger partial charge >= 0.3 is 0 Å². The van der Waals surface area contributed by atoms with E-state index in [1.165, 1.54) is 12.0 Å². The number of likely N-dealkylation sites (tertiary alicyclic amines) is 1. The molecule has 0 aromatic heterocycles. The molecule has 104 valence electrons. The van der Waals surface area contributed by atoms with E-state index in [0.717, 1.165) is 37.4 Å². The van der Waals surface area contributed by atoms with Crippen molar-refractivity contribution in [1.29, 1.82) is 0 Å². The summed E-state index contributed by atoms with van der Waals surface area (Å²) in [7, 11) is 1.87. The Hall–Kier alpha value is -1.51. The van der Waals surface area contributed by atoms with E-state index in [9.17, 15) is 0 Å². The van der Waals surface area contributed by atoms with Crippen LogP contribution in [0.25, 0.3) is 0 Å². The van der Waals surface area contributed by atoms with Gasteiger partial charge in [-0.25, -0.2) is 0 Å². The first-order valence-corrected chi connectivity index (χ1v) is 7.18. The first-order chi connectivity index (χ1) is 9.19. The van der Waals surface area contributed by atoms with Crippen LogP contribution in [0.2, 0.25) is 0 Å². The molecule has 3 nitrogen and oxygen atoms in total. The van der Waals surface area contributed by atoms with Crippen molar-refractivity contribution in [2.75, 3.05) is 20.1 Å². The Morgan fingerprint density at radius 2 is 1.84 bits per heavy atom. The Kier molecular flexibility index (Phi) is 4.83. The minimum Gasteiger partial charge on any atom is -0.352 e. The van der Waals surface area contributed by atoms with Crippen molar-refractivity contribution >= 4 is 5.96 Å². The fourth-order valence-corrected chi connectivity index (χ4v) is 2.95. The van der Waals surface area contributed by atoms with Crippen molar-refractivity contribution in [1.82, 2.24) is 10.2 Å². The molecule has 2 unspecified atom stereocenters. The third kappa shape index (κ3) is 3.98. The van der Waals surface area contributed by atoms with Crippen molar-refractivity contribution in [3.8, 4) is 0 Å². The normalized spacial score (nSPS) is 24.4. The first-order valence-electron chi connectivity index (χ1n) is 7.18. The minimum atomic E-state index is 0.749. The van der Waals surface area contributed by atoms with Crippen LogP contribution in [-0.2, 0) is 6.54 Å². The SMILES string of the molecule is CN=C(NCc1ccccc1)N1CC(C)CC(C)C1. The highest BCUT2D eigenvalue weighted by molar-refractivity contribution is 5.80. The second-order valence-electron chi connectivity index (χ2n) is 5.74. The van der Waals surface area contributed by atoms with Gasteiger partial charge in [-0.3, -0.25) is 4.99 Å². The van der Waals surface area contributed by atoms with E-state index >= 15 is 0 Å². The smallest absolute Gasteiger partial charge is 0.193 e. The number of nitrogens with zero attached hydrogens (tertiary/aromatic N) is 2. The maximum atomic E-state index is 4.43. The number of aliphatic imine (C=N–C) groups is 1. The Morgan fingerprint density at radius 3 is 2.42 bits per heavy atom. The average molecular weight is 259 g/mol. The van der Waals surface area contributed by atoms with Gasteiger partial charge in [0.05, 0.1) is 0 Å². The van der Waals surface area contributed by atoms with Gasteiger partial charge in [0.25, 0.3) is 0 Å². The molecular weight excluding hydrogens is 234 g/mol. The van der Waals surface area contributed by atoms with Crippen LogP contribution in [0.1, 0.15) is 25.8 Å². The summed E-state index contributed by atoms with van der Waals surface area (Å²) in [5.74, 6) is 2.53. The summed E-state index contributed by atoms with van der Waals surface area (Å²) >= 11 is 0. The standard InChI is InChI=1S/C16H25N3/c1-13-9-14(2)12-19(11-13)16(17-3)18-10-15-7-5-4-6-8-15/h4-8,13-14H,9-12H2,1-3H3,(H,17,18). The summed E-state index contributed by atoms with van der Waals surface area (Å²) in [6.45, 7) is 7.71. The fraction of sp³-hybridized carbons (Fsp3) is 0.562. The van der Waals surface area contributed by atoms with E-state index < -0.39 is 0 Å². The molecular formula is C16H25N3. The van der Waals surface area contributed by atoms with E-state index in [-0.39, 0.29) is 0 Å². The van der Waals surface area contributed by atoms with Gasteiger partial charge in [-0.1, -0.05) is 44.2 Å². The number of guanidine groups is 1. The molecule has 2 atom stereocenters. The first kappa shape index (κ1) is 13.9. The number of rotatable bonds is 2. The molecule has 1 saturated heterocycles. The van der Waals surface area contributed by atoms with Crippen LogP contribution in [0.15, 0.2) is 35.3 Å². The third-order valence-electron chi connectivity index (χ3n) is 3.67. The van der Waals surface area contributed by atoms with Gasteiger partial charge in [-0.15, -0.1) is 0 Å². The third-order valence-corrected chi connectivity index (χ3v) is 3.67. The van der Waals surface area contributed by atoms with Crippen LogP contribution in [0.3, 0.4) is 0 Å². The van der Waals surface area contributed by atoms with Crippen molar-refractivity contribution in [3.63, 3.8) is 0 Å². The highest BCUT2D eigenvalue weighted by atomic mass is 15.3. The van der Waals surface area contributed by atoms with E-state index in [0.29, 0.717) is 0 Å². The van der Waals surface area contributed by atoms with Crippen LogP contribution in [0.4, 0.5) is 0 Å². The topological polar surface area (TPSA) is 27.6 Å². The average Bonchev–Trinajstić information content (AvgIpc) is 2.39. The molecule has 0 aliphatic carbocycles. The largest absolute Gasteiger partial charge is 0.352 e. The highest BCUT2D eigenvalue weighted by Gasteiger charge is 2.23. The minimum absolute atomic E-state index is 0.749. The maximum Gasteiger partial charge on any atom is 0.193 e. The molecule has 1 aromatic rings. The van der Waals surface area contributed by atoms with Gasteiger partial charge in [0, 0.05) is 26.7 Å². The van der Waals surface area contributed by atoms with Crippen molar-refractivity contribution < 1.29 is 0 Å². The van der Waals surface area contributed by atoms with Crippen molar-refractivity contribution in [2.45, 2.75) is 26.8 Å². The van der Waals surface area contributed by atoms with Crippen LogP contribution >= 0.6 is 0 Å². The molecule has 1 N–H and O–H groups in total. The molecule has 1 aliphatic heterocycles. The monoisotopic (exact) mass is 259 g/mol. The van der Waals surface area contributed by atoms with Gasteiger partial charge in [-0.2, -0.15) is 0 Å². The van der Waals surface area contributed by atoms with Crippen LogP contribution in [0, 0.1) is 11.8 Å². The molecule has 3 heteroatoms. The zero-order valence-corrected chi connectivity index (χ0v) is 12.3. The van der Waals surface area contributed by atoms with Gasteiger partial charge in [0.1, 0.15) is 0 Å².